The van der Waals surface area contributed by atoms with Gasteiger partial charge in [-0.3, -0.25) is 9.78 Å². The van der Waals surface area contributed by atoms with Gasteiger partial charge >= 0.3 is 0 Å². The summed E-state index contributed by atoms with van der Waals surface area (Å²) in [5, 5.41) is 0. The molecule has 1 aromatic heterocycles. The Kier molecular flexibility index (Phi) is 4.74. The van der Waals surface area contributed by atoms with Crippen molar-refractivity contribution in [3.8, 4) is 5.75 Å². The highest BCUT2D eigenvalue weighted by molar-refractivity contribution is 5.78. The second kappa shape index (κ2) is 6.52. The predicted octanol–water partition coefficient (Wildman–Crippen LogP) is 1.13. The zero-order chi connectivity index (χ0) is 13.7. The Morgan fingerprint density at radius 1 is 1.47 bits per heavy atom. The molecule has 0 saturated carbocycles. The van der Waals surface area contributed by atoms with Crippen LogP contribution in [0.25, 0.3) is 0 Å². The van der Waals surface area contributed by atoms with E-state index >= 15 is 0 Å². The van der Waals surface area contributed by atoms with Crippen LogP contribution < -0.4 is 4.74 Å². The summed E-state index contributed by atoms with van der Waals surface area (Å²) in [7, 11) is 3.29. The molecule has 19 heavy (non-hydrogen) atoms. The summed E-state index contributed by atoms with van der Waals surface area (Å²) < 4.78 is 10.2. The Bertz CT molecular complexity index is 436. The highest BCUT2D eigenvalue weighted by Crippen LogP contribution is 2.22. The van der Waals surface area contributed by atoms with Crippen LogP contribution in [-0.4, -0.2) is 49.7 Å². The second-order valence-electron chi connectivity index (χ2n) is 4.79. The fraction of sp³-hybridized carbons (Fsp3) is 0.571. The summed E-state index contributed by atoms with van der Waals surface area (Å²) in [6.07, 6.45) is 3.16. The summed E-state index contributed by atoms with van der Waals surface area (Å²) in [6.45, 7) is 2.06. The van der Waals surface area contributed by atoms with E-state index in [0.717, 1.165) is 24.4 Å². The molecule has 0 aromatic carbocycles. The van der Waals surface area contributed by atoms with Crippen molar-refractivity contribution < 1.29 is 14.3 Å². The van der Waals surface area contributed by atoms with Gasteiger partial charge in [0.1, 0.15) is 5.75 Å². The van der Waals surface area contributed by atoms with Crippen molar-refractivity contribution in [1.82, 2.24) is 9.88 Å². The number of likely N-dealkylation sites (tertiary alicyclic amines) is 1. The van der Waals surface area contributed by atoms with Crippen molar-refractivity contribution in [2.45, 2.75) is 12.8 Å². The minimum absolute atomic E-state index is 0.213. The average molecular weight is 264 g/mol. The third kappa shape index (κ3) is 3.67. The Balaban J connectivity index is 1.91. The summed E-state index contributed by atoms with van der Waals surface area (Å²) in [5.41, 5.74) is 0.978. The smallest absolute Gasteiger partial charge is 0.223 e. The lowest BCUT2D eigenvalue weighted by Crippen LogP contribution is -2.28. The first-order valence-electron chi connectivity index (χ1n) is 6.48. The van der Waals surface area contributed by atoms with Crippen molar-refractivity contribution in [2.24, 2.45) is 5.92 Å². The molecular formula is C14H20N2O3. The maximum atomic E-state index is 11.8. The first kappa shape index (κ1) is 13.8. The molecule has 1 aromatic rings. The van der Waals surface area contributed by atoms with Gasteiger partial charge in [0.2, 0.25) is 5.91 Å². The van der Waals surface area contributed by atoms with Crippen molar-refractivity contribution >= 4 is 5.91 Å². The first-order chi connectivity index (χ1) is 9.22. The normalized spacial score (nSPS) is 18.9. The molecule has 0 N–H and O–H groups in total. The number of carbonyl (C=O) groups excluding carboxylic acids is 1. The van der Waals surface area contributed by atoms with Crippen LogP contribution in [0.15, 0.2) is 18.3 Å². The van der Waals surface area contributed by atoms with Gasteiger partial charge in [-0.25, -0.2) is 0 Å². The van der Waals surface area contributed by atoms with Crippen LogP contribution >= 0.6 is 0 Å². The lowest BCUT2D eigenvalue weighted by atomic mass is 10.0. The fourth-order valence-electron chi connectivity index (χ4n) is 2.40. The molecule has 1 amide bonds. The lowest BCUT2D eigenvalue weighted by molar-refractivity contribution is -0.128. The van der Waals surface area contributed by atoms with E-state index in [4.69, 9.17) is 9.47 Å². The summed E-state index contributed by atoms with van der Waals surface area (Å²) in [5.74, 6) is 1.36. The zero-order valence-electron chi connectivity index (χ0n) is 11.5. The van der Waals surface area contributed by atoms with Gasteiger partial charge in [-0.1, -0.05) is 0 Å². The molecule has 0 radical (unpaired) electrons. The van der Waals surface area contributed by atoms with E-state index in [9.17, 15) is 4.79 Å². The fourth-order valence-corrected chi connectivity index (χ4v) is 2.40. The number of ether oxygens (including phenoxy) is 2. The minimum Gasteiger partial charge on any atom is -0.497 e. The van der Waals surface area contributed by atoms with Crippen LogP contribution in [0.3, 0.4) is 0 Å². The highest BCUT2D eigenvalue weighted by Gasteiger charge is 2.29. The number of methoxy groups -OCH3 is 2. The molecule has 5 heteroatoms. The Morgan fingerprint density at radius 2 is 2.32 bits per heavy atom. The topological polar surface area (TPSA) is 51.7 Å². The number of rotatable bonds is 6. The summed E-state index contributed by atoms with van der Waals surface area (Å²) in [4.78, 5) is 18.0. The first-order valence-corrected chi connectivity index (χ1v) is 6.48. The van der Waals surface area contributed by atoms with Gasteiger partial charge < -0.3 is 14.4 Å². The van der Waals surface area contributed by atoms with Crippen LogP contribution in [0.4, 0.5) is 0 Å². The molecule has 104 valence electrons. The largest absolute Gasteiger partial charge is 0.497 e. The number of pyridine rings is 1. The van der Waals surface area contributed by atoms with Crippen LogP contribution in [0.5, 0.6) is 5.75 Å². The molecule has 1 unspecified atom stereocenters. The maximum absolute atomic E-state index is 11.8. The van der Waals surface area contributed by atoms with Crippen LogP contribution in [0.1, 0.15) is 12.1 Å². The van der Waals surface area contributed by atoms with E-state index in [1.54, 1.807) is 20.4 Å². The van der Waals surface area contributed by atoms with Crippen LogP contribution in [0.2, 0.25) is 0 Å². The molecule has 2 rings (SSSR count). The summed E-state index contributed by atoms with van der Waals surface area (Å²) in [6, 6.07) is 3.76. The van der Waals surface area contributed by atoms with Crippen molar-refractivity contribution in [2.75, 3.05) is 33.9 Å². The second-order valence-corrected chi connectivity index (χ2v) is 4.79. The zero-order valence-corrected chi connectivity index (χ0v) is 11.5. The SMILES string of the molecule is COCCN1CC(Cc2cc(OC)ccn2)CC1=O. The Hall–Kier alpha value is -1.62. The third-order valence-corrected chi connectivity index (χ3v) is 3.38. The number of hydrogen-bond donors (Lipinski definition) is 0. The van der Waals surface area contributed by atoms with E-state index < -0.39 is 0 Å². The van der Waals surface area contributed by atoms with E-state index in [2.05, 4.69) is 4.98 Å². The van der Waals surface area contributed by atoms with Crippen molar-refractivity contribution in [3.63, 3.8) is 0 Å². The van der Waals surface area contributed by atoms with E-state index in [1.807, 2.05) is 17.0 Å². The predicted molar refractivity (Wildman–Crippen MR) is 71.1 cm³/mol. The molecule has 0 aliphatic carbocycles. The van der Waals surface area contributed by atoms with Gasteiger partial charge in [-0.15, -0.1) is 0 Å². The average Bonchev–Trinajstić information content (AvgIpc) is 2.76. The molecule has 2 heterocycles. The quantitative estimate of drug-likeness (QED) is 0.773. The van der Waals surface area contributed by atoms with Gasteiger partial charge in [0.05, 0.1) is 13.7 Å². The minimum atomic E-state index is 0.213. The van der Waals surface area contributed by atoms with Gasteiger partial charge in [-0.05, 0) is 18.4 Å². The van der Waals surface area contributed by atoms with Gasteiger partial charge in [0.25, 0.3) is 0 Å². The molecule has 1 atom stereocenters. The van der Waals surface area contributed by atoms with Crippen LogP contribution in [-0.2, 0) is 16.0 Å². The van der Waals surface area contributed by atoms with Crippen LogP contribution in [0, 0.1) is 5.92 Å². The number of hydrogen-bond acceptors (Lipinski definition) is 4. The molecule has 1 aliphatic rings. The van der Waals surface area contributed by atoms with Gasteiger partial charge in [0, 0.05) is 44.6 Å². The van der Waals surface area contributed by atoms with E-state index in [0.29, 0.717) is 25.5 Å². The van der Waals surface area contributed by atoms with E-state index in [-0.39, 0.29) is 5.91 Å². The molecule has 1 aliphatic heterocycles. The highest BCUT2D eigenvalue weighted by atomic mass is 16.5. The molecule has 5 nitrogen and oxygen atoms in total. The van der Waals surface area contributed by atoms with Gasteiger partial charge in [-0.2, -0.15) is 0 Å². The lowest BCUT2D eigenvalue weighted by Gasteiger charge is -2.15. The maximum Gasteiger partial charge on any atom is 0.223 e. The number of amides is 1. The van der Waals surface area contributed by atoms with Crippen molar-refractivity contribution in [1.29, 1.82) is 0 Å². The standard InChI is InChI=1S/C14H20N2O3/c1-18-6-5-16-10-11(8-14(16)17)7-12-9-13(19-2)3-4-15-12/h3-4,9,11H,5-8,10H2,1-2H3. The Morgan fingerprint density at radius 3 is 3.05 bits per heavy atom. The van der Waals surface area contributed by atoms with E-state index in [1.165, 1.54) is 0 Å². The molecule has 1 saturated heterocycles. The third-order valence-electron chi connectivity index (χ3n) is 3.38. The summed E-state index contributed by atoms with van der Waals surface area (Å²) >= 11 is 0. The molecule has 1 fully saturated rings. The van der Waals surface area contributed by atoms with Crippen molar-refractivity contribution in [3.05, 3.63) is 24.0 Å². The number of carbonyl (C=O) groups is 1. The van der Waals surface area contributed by atoms with Gasteiger partial charge in [0.15, 0.2) is 0 Å². The molecule has 0 bridgehead atoms. The Labute approximate surface area is 113 Å². The number of aromatic nitrogens is 1. The molecule has 0 spiro atoms. The number of nitrogens with zero attached hydrogens (tertiary/aromatic N) is 2. The molecular weight excluding hydrogens is 244 g/mol. The monoisotopic (exact) mass is 264 g/mol.